The summed E-state index contributed by atoms with van der Waals surface area (Å²) in [6.45, 7) is 0.800. The molecule has 1 aliphatic heterocycles. The molecule has 4 heteroatoms. The normalized spacial score (nSPS) is 25.6. The van der Waals surface area contributed by atoms with E-state index in [0.717, 1.165) is 38.4 Å². The molecular weight excluding hydrogens is 272 g/mol. The molecule has 2 nitrogen and oxygen atoms in total. The number of ether oxygens (including phenoxy) is 1. The third-order valence-electron chi connectivity index (χ3n) is 5.19. The first-order valence-corrected chi connectivity index (χ1v) is 7.87. The Kier molecular flexibility index (Phi) is 4.27. The van der Waals surface area contributed by atoms with Crippen molar-refractivity contribution >= 4 is 0 Å². The van der Waals surface area contributed by atoms with Gasteiger partial charge in [0.1, 0.15) is 11.6 Å². The van der Waals surface area contributed by atoms with E-state index in [1.165, 1.54) is 12.5 Å². The number of hydrogen-bond acceptors (Lipinski definition) is 2. The molecule has 0 radical (unpaired) electrons. The number of halogens is 2. The van der Waals surface area contributed by atoms with Crippen molar-refractivity contribution < 1.29 is 13.5 Å². The van der Waals surface area contributed by atoms with Crippen molar-refractivity contribution in [1.82, 2.24) is 5.32 Å². The summed E-state index contributed by atoms with van der Waals surface area (Å²) < 4.78 is 32.8. The van der Waals surface area contributed by atoms with Gasteiger partial charge < -0.3 is 10.1 Å². The van der Waals surface area contributed by atoms with Crippen LogP contribution in [0.15, 0.2) is 18.2 Å². The fourth-order valence-corrected chi connectivity index (χ4v) is 3.76. The SMILES string of the molecule is CNC(Cc1ccc(F)cc1F)C1CCOC2(CCC2)C1. The quantitative estimate of drug-likeness (QED) is 0.918. The molecule has 116 valence electrons. The second kappa shape index (κ2) is 6.01. The molecule has 0 bridgehead atoms. The van der Waals surface area contributed by atoms with E-state index < -0.39 is 11.6 Å². The van der Waals surface area contributed by atoms with Crippen LogP contribution in [0.2, 0.25) is 0 Å². The molecule has 3 rings (SSSR count). The average Bonchev–Trinajstić information content (AvgIpc) is 2.45. The first-order valence-electron chi connectivity index (χ1n) is 7.87. The summed E-state index contributed by atoms with van der Waals surface area (Å²) in [6.07, 6.45) is 6.24. The van der Waals surface area contributed by atoms with E-state index in [2.05, 4.69) is 5.32 Å². The molecule has 2 aliphatic rings. The van der Waals surface area contributed by atoms with Gasteiger partial charge in [0.2, 0.25) is 0 Å². The molecule has 0 aromatic heterocycles. The maximum Gasteiger partial charge on any atom is 0.129 e. The van der Waals surface area contributed by atoms with Crippen molar-refractivity contribution in [2.75, 3.05) is 13.7 Å². The molecule has 0 amide bonds. The summed E-state index contributed by atoms with van der Waals surface area (Å²) >= 11 is 0. The highest BCUT2D eigenvalue weighted by Gasteiger charge is 2.44. The van der Waals surface area contributed by atoms with Crippen molar-refractivity contribution in [2.24, 2.45) is 5.92 Å². The highest BCUT2D eigenvalue weighted by molar-refractivity contribution is 5.20. The van der Waals surface area contributed by atoms with E-state index in [1.54, 1.807) is 6.07 Å². The number of rotatable bonds is 4. The highest BCUT2D eigenvalue weighted by Crippen LogP contribution is 2.45. The van der Waals surface area contributed by atoms with Gasteiger partial charge in [0.05, 0.1) is 5.60 Å². The molecule has 1 saturated heterocycles. The lowest BCUT2D eigenvalue weighted by Crippen LogP contribution is -2.50. The van der Waals surface area contributed by atoms with Crippen molar-refractivity contribution in [1.29, 1.82) is 0 Å². The summed E-state index contributed by atoms with van der Waals surface area (Å²) in [5.74, 6) is -0.467. The van der Waals surface area contributed by atoms with Crippen LogP contribution in [0.1, 0.15) is 37.7 Å². The Balaban J connectivity index is 1.69. The first-order chi connectivity index (χ1) is 10.1. The van der Waals surface area contributed by atoms with Crippen LogP contribution < -0.4 is 5.32 Å². The van der Waals surface area contributed by atoms with E-state index in [0.29, 0.717) is 17.9 Å². The van der Waals surface area contributed by atoms with Crippen LogP contribution in [0.25, 0.3) is 0 Å². The number of nitrogens with one attached hydrogen (secondary N) is 1. The summed E-state index contributed by atoms with van der Waals surface area (Å²) in [7, 11) is 1.93. The molecule has 1 aromatic carbocycles. The fourth-order valence-electron chi connectivity index (χ4n) is 3.76. The van der Waals surface area contributed by atoms with E-state index in [-0.39, 0.29) is 11.6 Å². The minimum absolute atomic E-state index is 0.0966. The van der Waals surface area contributed by atoms with Crippen molar-refractivity contribution in [2.45, 2.75) is 50.2 Å². The van der Waals surface area contributed by atoms with Gasteiger partial charge in [0.15, 0.2) is 0 Å². The topological polar surface area (TPSA) is 21.3 Å². The van der Waals surface area contributed by atoms with Gasteiger partial charge in [0.25, 0.3) is 0 Å². The molecular formula is C17H23F2NO. The molecule has 1 saturated carbocycles. The molecule has 1 N–H and O–H groups in total. The van der Waals surface area contributed by atoms with Gasteiger partial charge >= 0.3 is 0 Å². The molecule has 1 aliphatic carbocycles. The second-order valence-corrected chi connectivity index (χ2v) is 6.47. The smallest absolute Gasteiger partial charge is 0.129 e. The van der Waals surface area contributed by atoms with Gasteiger partial charge in [-0.05, 0) is 63.1 Å². The minimum atomic E-state index is -0.517. The van der Waals surface area contributed by atoms with Crippen molar-refractivity contribution in [3.63, 3.8) is 0 Å². The standard InChI is InChI=1S/C17H23F2NO/c1-20-16(9-12-3-4-14(18)10-15(12)19)13-5-8-21-17(11-13)6-2-7-17/h3-4,10,13,16,20H,2,5-9,11H2,1H3. The Labute approximate surface area is 124 Å². The highest BCUT2D eigenvalue weighted by atomic mass is 19.1. The van der Waals surface area contributed by atoms with Crippen LogP contribution in [0.4, 0.5) is 8.78 Å². The predicted octanol–water partition coefficient (Wildman–Crippen LogP) is 3.44. The van der Waals surface area contributed by atoms with Gasteiger partial charge in [-0.1, -0.05) is 6.07 Å². The monoisotopic (exact) mass is 295 g/mol. The lowest BCUT2D eigenvalue weighted by atomic mass is 9.70. The zero-order chi connectivity index (χ0) is 14.9. The average molecular weight is 295 g/mol. The fraction of sp³-hybridized carbons (Fsp3) is 0.647. The Hall–Kier alpha value is -1.00. The van der Waals surface area contributed by atoms with Crippen LogP contribution in [0.5, 0.6) is 0 Å². The summed E-state index contributed by atoms with van der Waals surface area (Å²) in [5.41, 5.74) is 0.684. The van der Waals surface area contributed by atoms with E-state index in [1.807, 2.05) is 7.05 Å². The van der Waals surface area contributed by atoms with Crippen molar-refractivity contribution in [3.05, 3.63) is 35.4 Å². The van der Waals surface area contributed by atoms with E-state index in [4.69, 9.17) is 4.74 Å². The molecule has 2 fully saturated rings. The van der Waals surface area contributed by atoms with Gasteiger partial charge in [-0.25, -0.2) is 8.78 Å². The molecule has 21 heavy (non-hydrogen) atoms. The summed E-state index contributed by atoms with van der Waals surface area (Å²) in [4.78, 5) is 0. The van der Waals surface area contributed by atoms with Crippen LogP contribution in [0.3, 0.4) is 0 Å². The number of likely N-dealkylation sites (N-methyl/N-ethyl adjacent to an activating group) is 1. The summed E-state index contributed by atoms with van der Waals surface area (Å²) in [5, 5.41) is 3.33. The zero-order valence-corrected chi connectivity index (χ0v) is 12.5. The van der Waals surface area contributed by atoms with Crippen LogP contribution in [-0.2, 0) is 11.2 Å². The molecule has 1 aromatic rings. The maximum atomic E-state index is 13.9. The minimum Gasteiger partial charge on any atom is -0.375 e. The lowest BCUT2D eigenvalue weighted by Gasteiger charge is -2.48. The third-order valence-corrected chi connectivity index (χ3v) is 5.19. The van der Waals surface area contributed by atoms with Gasteiger partial charge in [-0.2, -0.15) is 0 Å². The first kappa shape index (κ1) is 14.9. The Morgan fingerprint density at radius 2 is 2.19 bits per heavy atom. The molecule has 2 atom stereocenters. The molecule has 1 spiro atoms. The second-order valence-electron chi connectivity index (χ2n) is 6.47. The van der Waals surface area contributed by atoms with Crippen molar-refractivity contribution in [3.8, 4) is 0 Å². The third kappa shape index (κ3) is 3.11. The predicted molar refractivity (Wildman–Crippen MR) is 78.2 cm³/mol. The zero-order valence-electron chi connectivity index (χ0n) is 12.5. The van der Waals surface area contributed by atoms with Gasteiger partial charge in [-0.15, -0.1) is 0 Å². The Bertz CT molecular complexity index is 502. The molecule has 2 unspecified atom stereocenters. The van der Waals surface area contributed by atoms with Gasteiger partial charge in [0, 0.05) is 18.7 Å². The van der Waals surface area contributed by atoms with Gasteiger partial charge in [-0.3, -0.25) is 0 Å². The van der Waals surface area contributed by atoms with Crippen LogP contribution >= 0.6 is 0 Å². The van der Waals surface area contributed by atoms with Crippen LogP contribution in [0, 0.1) is 17.6 Å². The van der Waals surface area contributed by atoms with E-state index >= 15 is 0 Å². The lowest BCUT2D eigenvalue weighted by molar-refractivity contribution is -0.146. The number of hydrogen-bond donors (Lipinski definition) is 1. The molecule has 1 heterocycles. The largest absolute Gasteiger partial charge is 0.375 e. The number of benzene rings is 1. The Morgan fingerprint density at radius 1 is 1.38 bits per heavy atom. The van der Waals surface area contributed by atoms with Crippen LogP contribution in [-0.4, -0.2) is 25.3 Å². The Morgan fingerprint density at radius 3 is 2.81 bits per heavy atom. The van der Waals surface area contributed by atoms with E-state index in [9.17, 15) is 8.78 Å². The summed E-state index contributed by atoms with van der Waals surface area (Å²) in [6, 6.07) is 4.08. The maximum absolute atomic E-state index is 13.9.